The molecule has 3 aromatic rings. The van der Waals surface area contributed by atoms with E-state index in [1.165, 1.54) is 23.7 Å². The van der Waals surface area contributed by atoms with Crippen molar-refractivity contribution < 1.29 is 9.21 Å². The number of hydrogen-bond donors (Lipinski definition) is 1. The van der Waals surface area contributed by atoms with Crippen LogP contribution in [0.15, 0.2) is 39.8 Å². The van der Waals surface area contributed by atoms with Gasteiger partial charge in [-0.25, -0.2) is 4.98 Å². The summed E-state index contributed by atoms with van der Waals surface area (Å²) in [6, 6.07) is 7.40. The van der Waals surface area contributed by atoms with Gasteiger partial charge in [-0.1, -0.05) is 19.1 Å². The molecule has 28 heavy (non-hydrogen) atoms. The Morgan fingerprint density at radius 3 is 2.89 bits per heavy atom. The molecule has 2 aromatic heterocycles. The molecule has 1 aliphatic heterocycles. The van der Waals surface area contributed by atoms with Gasteiger partial charge in [0, 0.05) is 11.9 Å². The molecule has 0 radical (unpaired) electrons. The Labute approximate surface area is 163 Å². The smallest absolute Gasteiger partial charge is 0.297 e. The van der Waals surface area contributed by atoms with Crippen LogP contribution in [0.5, 0.6) is 0 Å². The van der Waals surface area contributed by atoms with Crippen LogP contribution in [0, 0.1) is 5.92 Å². The third-order valence-electron chi connectivity index (χ3n) is 5.51. The number of hydrogen-bond acceptors (Lipinski definition) is 5. The monoisotopic (exact) mass is 382 g/mol. The van der Waals surface area contributed by atoms with E-state index in [4.69, 9.17) is 4.42 Å². The molecule has 1 amide bonds. The normalized spacial score (nSPS) is 16.0. The number of carbonyl (C=O) groups excluding carboxylic acids is 1. The molecule has 0 spiro atoms. The number of aromatic nitrogens is 2. The van der Waals surface area contributed by atoms with E-state index < -0.39 is 0 Å². The Hall–Kier alpha value is -2.67. The van der Waals surface area contributed by atoms with Crippen LogP contribution in [0.3, 0.4) is 0 Å². The van der Waals surface area contributed by atoms with Gasteiger partial charge in [0.25, 0.3) is 5.56 Å². The van der Waals surface area contributed by atoms with Crippen LogP contribution in [0.1, 0.15) is 26.2 Å². The number of nitrogens with zero attached hydrogens (tertiary/aromatic N) is 3. The van der Waals surface area contributed by atoms with Crippen LogP contribution in [0.2, 0.25) is 0 Å². The maximum Gasteiger partial charge on any atom is 0.297 e. The van der Waals surface area contributed by atoms with Crippen molar-refractivity contribution in [3.05, 3.63) is 40.9 Å². The number of para-hydroxylation sites is 1. The molecule has 0 saturated carbocycles. The summed E-state index contributed by atoms with van der Waals surface area (Å²) in [6.45, 7) is 6.15. The first-order chi connectivity index (χ1) is 13.6. The zero-order valence-corrected chi connectivity index (χ0v) is 16.2. The first kappa shape index (κ1) is 18.7. The van der Waals surface area contributed by atoms with Gasteiger partial charge in [0.1, 0.15) is 17.6 Å². The predicted molar refractivity (Wildman–Crippen MR) is 108 cm³/mol. The van der Waals surface area contributed by atoms with Crippen LogP contribution >= 0.6 is 0 Å². The Morgan fingerprint density at radius 1 is 1.29 bits per heavy atom. The molecule has 3 heterocycles. The fourth-order valence-electron chi connectivity index (χ4n) is 3.75. The lowest BCUT2D eigenvalue weighted by Gasteiger charge is -2.30. The van der Waals surface area contributed by atoms with Crippen molar-refractivity contribution in [1.29, 1.82) is 0 Å². The van der Waals surface area contributed by atoms with E-state index in [0.29, 0.717) is 17.6 Å². The molecule has 1 aromatic carbocycles. The second-order valence-corrected chi connectivity index (χ2v) is 7.68. The minimum atomic E-state index is -0.334. The summed E-state index contributed by atoms with van der Waals surface area (Å²) >= 11 is 0. The predicted octanol–water partition coefficient (Wildman–Crippen LogP) is 2.38. The van der Waals surface area contributed by atoms with Gasteiger partial charge in [-0.15, -0.1) is 0 Å². The summed E-state index contributed by atoms with van der Waals surface area (Å²) in [5.41, 5.74) is 1.01. The number of nitrogens with one attached hydrogen (secondary N) is 1. The third kappa shape index (κ3) is 3.94. The topological polar surface area (TPSA) is 80.4 Å². The molecule has 7 nitrogen and oxygen atoms in total. The molecule has 4 rings (SSSR count). The highest BCUT2D eigenvalue weighted by Gasteiger charge is 2.16. The molecule has 0 aliphatic carbocycles. The third-order valence-corrected chi connectivity index (χ3v) is 5.51. The first-order valence-electron chi connectivity index (χ1n) is 9.97. The van der Waals surface area contributed by atoms with E-state index in [9.17, 15) is 9.59 Å². The van der Waals surface area contributed by atoms with Gasteiger partial charge in [0.2, 0.25) is 11.5 Å². The number of furan rings is 1. The summed E-state index contributed by atoms with van der Waals surface area (Å²) in [4.78, 5) is 31.6. The maximum atomic E-state index is 12.6. The molecular weight excluding hydrogens is 356 g/mol. The van der Waals surface area contributed by atoms with E-state index in [1.807, 2.05) is 18.2 Å². The Kier molecular flexibility index (Phi) is 5.43. The Morgan fingerprint density at radius 2 is 2.07 bits per heavy atom. The molecule has 148 valence electrons. The molecule has 0 atom stereocenters. The SMILES string of the molecule is CC1CCN(CCCNC(=O)Cn2cnc3c(oc4ccccc43)c2=O)CC1. The maximum absolute atomic E-state index is 12.6. The van der Waals surface area contributed by atoms with Crippen LogP contribution < -0.4 is 10.9 Å². The molecule has 0 bridgehead atoms. The highest BCUT2D eigenvalue weighted by Crippen LogP contribution is 2.24. The number of likely N-dealkylation sites (tertiary alicyclic amines) is 1. The Bertz CT molecular complexity index is 1030. The zero-order chi connectivity index (χ0) is 19.5. The molecule has 1 aliphatic rings. The van der Waals surface area contributed by atoms with Gasteiger partial charge < -0.3 is 14.6 Å². The highest BCUT2D eigenvalue weighted by atomic mass is 16.3. The fourth-order valence-corrected chi connectivity index (χ4v) is 3.75. The van der Waals surface area contributed by atoms with Crippen molar-refractivity contribution in [2.24, 2.45) is 5.92 Å². The van der Waals surface area contributed by atoms with E-state index in [1.54, 1.807) is 6.07 Å². The molecule has 0 unspecified atom stereocenters. The van der Waals surface area contributed by atoms with Gasteiger partial charge in [0.15, 0.2) is 0 Å². The highest BCUT2D eigenvalue weighted by molar-refractivity contribution is 6.01. The second kappa shape index (κ2) is 8.14. The van der Waals surface area contributed by atoms with Crippen molar-refractivity contribution in [3.8, 4) is 0 Å². The van der Waals surface area contributed by atoms with E-state index >= 15 is 0 Å². The summed E-state index contributed by atoms with van der Waals surface area (Å²) in [7, 11) is 0. The quantitative estimate of drug-likeness (QED) is 0.662. The van der Waals surface area contributed by atoms with Gasteiger partial charge in [-0.2, -0.15) is 0 Å². The minimum absolute atomic E-state index is 0.0555. The number of rotatable bonds is 6. The summed E-state index contributed by atoms with van der Waals surface area (Å²) in [5, 5.41) is 3.70. The van der Waals surface area contributed by atoms with E-state index in [0.717, 1.165) is 37.4 Å². The van der Waals surface area contributed by atoms with E-state index in [-0.39, 0.29) is 23.6 Å². The summed E-state index contributed by atoms with van der Waals surface area (Å²) in [6.07, 6.45) is 4.84. The van der Waals surface area contributed by atoms with Crippen molar-refractivity contribution in [2.75, 3.05) is 26.2 Å². The van der Waals surface area contributed by atoms with Crippen LogP contribution in [0.4, 0.5) is 0 Å². The van der Waals surface area contributed by atoms with Crippen molar-refractivity contribution in [1.82, 2.24) is 19.8 Å². The number of amides is 1. The summed E-state index contributed by atoms with van der Waals surface area (Å²) in [5.74, 6) is 0.638. The first-order valence-corrected chi connectivity index (χ1v) is 9.97. The number of fused-ring (bicyclic) bond motifs is 3. The second-order valence-electron chi connectivity index (χ2n) is 7.68. The average Bonchev–Trinajstić information content (AvgIpc) is 3.08. The van der Waals surface area contributed by atoms with Crippen molar-refractivity contribution >= 4 is 28.0 Å². The van der Waals surface area contributed by atoms with Gasteiger partial charge in [-0.05, 0) is 56.9 Å². The van der Waals surface area contributed by atoms with Crippen LogP contribution in [0.25, 0.3) is 22.1 Å². The molecule has 7 heteroatoms. The zero-order valence-electron chi connectivity index (χ0n) is 16.2. The van der Waals surface area contributed by atoms with Gasteiger partial charge >= 0.3 is 0 Å². The minimum Gasteiger partial charge on any atom is -0.448 e. The molecule has 1 fully saturated rings. The number of carbonyl (C=O) groups is 1. The summed E-state index contributed by atoms with van der Waals surface area (Å²) < 4.78 is 6.94. The Balaban J connectivity index is 1.33. The lowest BCUT2D eigenvalue weighted by atomic mass is 9.99. The molecular formula is C21H26N4O3. The number of piperidine rings is 1. The van der Waals surface area contributed by atoms with E-state index in [2.05, 4.69) is 22.1 Å². The van der Waals surface area contributed by atoms with Gasteiger partial charge in [-0.3, -0.25) is 14.2 Å². The molecule has 1 saturated heterocycles. The average molecular weight is 382 g/mol. The molecule has 1 N–H and O–H groups in total. The van der Waals surface area contributed by atoms with Crippen LogP contribution in [-0.4, -0.2) is 46.5 Å². The number of benzene rings is 1. The van der Waals surface area contributed by atoms with Crippen molar-refractivity contribution in [3.63, 3.8) is 0 Å². The lowest BCUT2D eigenvalue weighted by molar-refractivity contribution is -0.121. The van der Waals surface area contributed by atoms with Gasteiger partial charge in [0.05, 0.1) is 6.33 Å². The largest absolute Gasteiger partial charge is 0.448 e. The van der Waals surface area contributed by atoms with Crippen molar-refractivity contribution in [2.45, 2.75) is 32.7 Å². The standard InChI is InChI=1S/C21H26N4O3/c1-15-7-11-24(12-8-15)10-4-9-22-18(26)13-25-14-23-19-16-5-2-3-6-17(16)28-20(19)21(25)27/h2-3,5-6,14-15H,4,7-13H2,1H3,(H,22,26). The fraction of sp³-hybridized carbons (Fsp3) is 0.476. The lowest BCUT2D eigenvalue weighted by Crippen LogP contribution is -2.36. The van der Waals surface area contributed by atoms with Crippen LogP contribution in [-0.2, 0) is 11.3 Å².